The summed E-state index contributed by atoms with van der Waals surface area (Å²) in [7, 11) is 0. The van der Waals surface area contributed by atoms with Gasteiger partial charge in [-0.25, -0.2) is 0 Å². The second-order valence-corrected chi connectivity index (χ2v) is 6.22. The summed E-state index contributed by atoms with van der Waals surface area (Å²) < 4.78 is 11.7. The molecule has 0 radical (unpaired) electrons. The van der Waals surface area contributed by atoms with Gasteiger partial charge in [0.1, 0.15) is 5.60 Å². The van der Waals surface area contributed by atoms with E-state index in [2.05, 4.69) is 23.6 Å². The van der Waals surface area contributed by atoms with Crippen LogP contribution >= 0.6 is 0 Å². The maximum atomic E-state index is 6.14. The fraction of sp³-hybridized carbons (Fsp3) is 1.00. The van der Waals surface area contributed by atoms with E-state index in [4.69, 9.17) is 9.47 Å². The zero-order valence-electron chi connectivity index (χ0n) is 11.7. The Morgan fingerprint density at radius 2 is 1.94 bits per heavy atom. The summed E-state index contributed by atoms with van der Waals surface area (Å²) in [4.78, 5) is 5.14. The highest BCUT2D eigenvalue weighted by molar-refractivity contribution is 5.09. The number of hydrogen-bond acceptors (Lipinski definition) is 4. The molecule has 3 saturated heterocycles. The summed E-state index contributed by atoms with van der Waals surface area (Å²) in [5.74, 6) is 0. The van der Waals surface area contributed by atoms with Crippen LogP contribution in [0, 0.1) is 0 Å². The van der Waals surface area contributed by atoms with Crippen LogP contribution in [0.5, 0.6) is 0 Å². The molecule has 3 fully saturated rings. The van der Waals surface area contributed by atoms with Crippen molar-refractivity contribution in [1.29, 1.82) is 0 Å². The van der Waals surface area contributed by atoms with Gasteiger partial charge < -0.3 is 9.47 Å². The molecule has 3 heterocycles. The zero-order valence-corrected chi connectivity index (χ0v) is 11.7. The first-order valence-electron chi connectivity index (χ1n) is 7.41. The Labute approximate surface area is 110 Å². The van der Waals surface area contributed by atoms with Crippen LogP contribution in [0.2, 0.25) is 0 Å². The SMILES string of the molecule is CC(C)N1CC2(C1)OCCC2N1CCCOCC1. The van der Waals surface area contributed by atoms with Gasteiger partial charge in [-0.1, -0.05) is 0 Å². The van der Waals surface area contributed by atoms with E-state index in [1.165, 1.54) is 19.4 Å². The summed E-state index contributed by atoms with van der Waals surface area (Å²) in [5, 5.41) is 0. The van der Waals surface area contributed by atoms with E-state index in [0.29, 0.717) is 12.1 Å². The molecule has 3 rings (SSSR count). The molecule has 0 aromatic carbocycles. The topological polar surface area (TPSA) is 24.9 Å². The lowest BCUT2D eigenvalue weighted by Crippen LogP contribution is -2.70. The van der Waals surface area contributed by atoms with E-state index < -0.39 is 0 Å². The fourth-order valence-electron chi connectivity index (χ4n) is 3.63. The van der Waals surface area contributed by atoms with Crippen molar-refractivity contribution < 1.29 is 9.47 Å². The predicted octanol–water partition coefficient (Wildman–Crippen LogP) is 0.960. The first kappa shape index (κ1) is 12.9. The monoisotopic (exact) mass is 254 g/mol. The van der Waals surface area contributed by atoms with Crippen LogP contribution in [0.1, 0.15) is 26.7 Å². The average molecular weight is 254 g/mol. The Balaban J connectivity index is 1.64. The minimum Gasteiger partial charge on any atom is -0.380 e. The molecule has 3 aliphatic rings. The van der Waals surface area contributed by atoms with Crippen molar-refractivity contribution >= 4 is 0 Å². The molecule has 18 heavy (non-hydrogen) atoms. The third-order valence-corrected chi connectivity index (χ3v) is 4.76. The Morgan fingerprint density at radius 3 is 2.72 bits per heavy atom. The smallest absolute Gasteiger partial charge is 0.109 e. The highest BCUT2D eigenvalue weighted by Crippen LogP contribution is 2.39. The summed E-state index contributed by atoms with van der Waals surface area (Å²) in [5.41, 5.74) is 0.134. The van der Waals surface area contributed by atoms with Gasteiger partial charge in [-0.2, -0.15) is 0 Å². The van der Waals surface area contributed by atoms with Crippen molar-refractivity contribution in [1.82, 2.24) is 9.80 Å². The lowest BCUT2D eigenvalue weighted by Gasteiger charge is -2.54. The molecule has 1 spiro atoms. The molecule has 1 atom stereocenters. The van der Waals surface area contributed by atoms with Gasteiger partial charge in [-0.15, -0.1) is 0 Å². The van der Waals surface area contributed by atoms with Gasteiger partial charge in [0.05, 0.1) is 6.61 Å². The number of hydrogen-bond donors (Lipinski definition) is 0. The van der Waals surface area contributed by atoms with E-state index in [1.807, 2.05) is 0 Å². The van der Waals surface area contributed by atoms with Crippen molar-refractivity contribution in [3.05, 3.63) is 0 Å². The molecule has 0 aromatic rings. The summed E-state index contributed by atoms with van der Waals surface area (Å²) in [6.45, 7) is 11.8. The van der Waals surface area contributed by atoms with Gasteiger partial charge in [-0.3, -0.25) is 9.80 Å². The third kappa shape index (κ3) is 2.20. The first-order chi connectivity index (χ1) is 8.71. The van der Waals surface area contributed by atoms with Crippen LogP contribution in [-0.2, 0) is 9.47 Å². The Bertz CT molecular complexity index is 282. The van der Waals surface area contributed by atoms with Gasteiger partial charge in [0.25, 0.3) is 0 Å². The highest BCUT2D eigenvalue weighted by Gasteiger charge is 2.55. The molecule has 0 bridgehead atoms. The molecule has 3 aliphatic heterocycles. The molecule has 4 nitrogen and oxygen atoms in total. The molecule has 1 unspecified atom stereocenters. The van der Waals surface area contributed by atoms with Gasteiger partial charge >= 0.3 is 0 Å². The van der Waals surface area contributed by atoms with Crippen molar-refractivity contribution in [3.63, 3.8) is 0 Å². The molecule has 4 heteroatoms. The molecule has 0 aliphatic carbocycles. The van der Waals surface area contributed by atoms with Crippen LogP contribution in [0.25, 0.3) is 0 Å². The van der Waals surface area contributed by atoms with Crippen molar-refractivity contribution in [2.75, 3.05) is 46.0 Å². The molecular formula is C14H26N2O2. The highest BCUT2D eigenvalue weighted by atomic mass is 16.5. The van der Waals surface area contributed by atoms with Crippen LogP contribution < -0.4 is 0 Å². The molecule has 0 N–H and O–H groups in total. The standard InChI is InChI=1S/C14H26N2O2/c1-12(2)16-10-14(11-16)13(4-8-18-14)15-5-3-7-17-9-6-15/h12-13H,3-11H2,1-2H3. The second kappa shape index (κ2) is 5.08. The lowest BCUT2D eigenvalue weighted by atomic mass is 9.84. The van der Waals surface area contributed by atoms with Crippen molar-refractivity contribution in [2.24, 2.45) is 0 Å². The van der Waals surface area contributed by atoms with Crippen molar-refractivity contribution in [2.45, 2.75) is 44.4 Å². The molecule has 0 amide bonds. The Hall–Kier alpha value is -0.160. The zero-order chi connectivity index (χ0) is 12.6. The van der Waals surface area contributed by atoms with E-state index in [0.717, 1.165) is 39.5 Å². The number of likely N-dealkylation sites (tertiary alicyclic amines) is 1. The molecular weight excluding hydrogens is 228 g/mol. The summed E-state index contributed by atoms with van der Waals surface area (Å²) in [6, 6.07) is 1.27. The summed E-state index contributed by atoms with van der Waals surface area (Å²) >= 11 is 0. The quantitative estimate of drug-likeness (QED) is 0.733. The second-order valence-electron chi connectivity index (χ2n) is 6.22. The van der Waals surface area contributed by atoms with E-state index in [-0.39, 0.29) is 5.60 Å². The van der Waals surface area contributed by atoms with E-state index >= 15 is 0 Å². The number of nitrogens with zero attached hydrogens (tertiary/aromatic N) is 2. The third-order valence-electron chi connectivity index (χ3n) is 4.76. The normalized spacial score (nSPS) is 33.8. The van der Waals surface area contributed by atoms with Gasteiger partial charge in [-0.05, 0) is 26.7 Å². The largest absolute Gasteiger partial charge is 0.380 e. The van der Waals surface area contributed by atoms with Crippen molar-refractivity contribution in [3.8, 4) is 0 Å². The number of ether oxygens (including phenoxy) is 2. The maximum Gasteiger partial charge on any atom is 0.109 e. The Kier molecular flexibility index (Phi) is 3.63. The van der Waals surface area contributed by atoms with Gasteiger partial charge in [0.15, 0.2) is 0 Å². The Morgan fingerprint density at radius 1 is 1.11 bits per heavy atom. The number of rotatable bonds is 2. The molecule has 0 saturated carbocycles. The summed E-state index contributed by atoms with van der Waals surface area (Å²) in [6.07, 6.45) is 2.37. The average Bonchev–Trinajstić information content (AvgIpc) is 2.56. The van der Waals surface area contributed by atoms with E-state index in [9.17, 15) is 0 Å². The minimum absolute atomic E-state index is 0.134. The molecule has 0 aromatic heterocycles. The molecule has 104 valence electrons. The minimum atomic E-state index is 0.134. The van der Waals surface area contributed by atoms with Crippen LogP contribution in [0.15, 0.2) is 0 Å². The van der Waals surface area contributed by atoms with Crippen LogP contribution in [0.4, 0.5) is 0 Å². The van der Waals surface area contributed by atoms with E-state index in [1.54, 1.807) is 0 Å². The van der Waals surface area contributed by atoms with Crippen LogP contribution in [-0.4, -0.2) is 73.5 Å². The van der Waals surface area contributed by atoms with Gasteiger partial charge in [0.2, 0.25) is 0 Å². The van der Waals surface area contributed by atoms with Gasteiger partial charge in [0, 0.05) is 51.5 Å². The first-order valence-corrected chi connectivity index (χ1v) is 7.41. The lowest BCUT2D eigenvalue weighted by molar-refractivity contribution is -0.149. The predicted molar refractivity (Wildman–Crippen MR) is 70.8 cm³/mol. The fourth-order valence-corrected chi connectivity index (χ4v) is 3.63. The maximum absolute atomic E-state index is 6.14. The van der Waals surface area contributed by atoms with Crippen LogP contribution in [0.3, 0.4) is 0 Å².